The van der Waals surface area contributed by atoms with Crippen LogP contribution in [0, 0.1) is 3.57 Å². The highest BCUT2D eigenvalue weighted by Gasteiger charge is 2.15. The number of hydrogen-bond acceptors (Lipinski definition) is 1. The van der Waals surface area contributed by atoms with Gasteiger partial charge in [0.05, 0.1) is 0 Å². The fraction of sp³-hybridized carbons (Fsp3) is 0.143. The first kappa shape index (κ1) is 15.4. The topological polar surface area (TPSA) is 26.0 Å². The van der Waals surface area contributed by atoms with Crippen LogP contribution >= 0.6 is 57.4 Å². The molecule has 19 heavy (non-hydrogen) atoms. The molecule has 0 spiro atoms. The molecule has 2 aromatic rings. The Kier molecular flexibility index (Phi) is 5.37. The summed E-state index contributed by atoms with van der Waals surface area (Å²) < 4.78 is 1.08. The summed E-state index contributed by atoms with van der Waals surface area (Å²) in [6, 6.07) is 11.0. The quantitative estimate of drug-likeness (QED) is 0.645. The Morgan fingerprint density at radius 2 is 1.68 bits per heavy atom. The van der Waals surface area contributed by atoms with Crippen molar-refractivity contribution in [1.82, 2.24) is 0 Å². The zero-order valence-corrected chi connectivity index (χ0v) is 14.3. The van der Waals surface area contributed by atoms with Gasteiger partial charge in [0.1, 0.15) is 0 Å². The average molecular weight is 427 g/mol. The Balaban J connectivity index is 2.31. The molecule has 0 aliphatic heterocycles. The minimum Gasteiger partial charge on any atom is -0.324 e. The van der Waals surface area contributed by atoms with E-state index in [9.17, 15) is 0 Å². The minimum absolute atomic E-state index is 0.192. The van der Waals surface area contributed by atoms with E-state index in [-0.39, 0.29) is 6.04 Å². The van der Waals surface area contributed by atoms with Crippen molar-refractivity contribution in [2.75, 3.05) is 0 Å². The van der Waals surface area contributed by atoms with E-state index in [1.807, 2.05) is 36.4 Å². The van der Waals surface area contributed by atoms with Crippen LogP contribution in [0.15, 0.2) is 36.4 Å². The summed E-state index contributed by atoms with van der Waals surface area (Å²) in [6.07, 6.45) is 0.578. The van der Waals surface area contributed by atoms with Crippen molar-refractivity contribution in [2.45, 2.75) is 12.5 Å². The molecule has 1 atom stereocenters. The van der Waals surface area contributed by atoms with Crippen LogP contribution in [0.25, 0.3) is 0 Å². The molecule has 0 aliphatic rings. The lowest BCUT2D eigenvalue weighted by atomic mass is 9.99. The summed E-state index contributed by atoms with van der Waals surface area (Å²) in [5.41, 5.74) is 8.13. The van der Waals surface area contributed by atoms with Crippen LogP contribution in [-0.4, -0.2) is 0 Å². The van der Waals surface area contributed by atoms with E-state index in [4.69, 9.17) is 40.5 Å². The first-order chi connectivity index (χ1) is 8.99. The second-order valence-electron chi connectivity index (χ2n) is 4.18. The molecule has 2 N–H and O–H groups in total. The highest BCUT2D eigenvalue weighted by molar-refractivity contribution is 14.1. The van der Waals surface area contributed by atoms with Gasteiger partial charge in [-0.15, -0.1) is 0 Å². The molecule has 0 heterocycles. The first-order valence-electron chi connectivity index (χ1n) is 5.62. The molecule has 1 nitrogen and oxygen atoms in total. The van der Waals surface area contributed by atoms with Crippen LogP contribution in [0.3, 0.4) is 0 Å². The van der Waals surface area contributed by atoms with Gasteiger partial charge in [-0.05, 0) is 70.5 Å². The maximum absolute atomic E-state index is 6.25. The van der Waals surface area contributed by atoms with Gasteiger partial charge in [-0.2, -0.15) is 0 Å². The summed E-state index contributed by atoms with van der Waals surface area (Å²) in [7, 11) is 0. The maximum atomic E-state index is 6.25. The molecule has 100 valence electrons. The molecule has 2 aromatic carbocycles. The largest absolute Gasteiger partial charge is 0.324 e. The lowest BCUT2D eigenvalue weighted by Crippen LogP contribution is -2.15. The fourth-order valence-electron chi connectivity index (χ4n) is 1.86. The fourth-order valence-corrected chi connectivity index (χ4v) is 3.32. The number of halogens is 4. The highest BCUT2D eigenvalue weighted by Crippen LogP contribution is 2.30. The lowest BCUT2D eigenvalue weighted by molar-refractivity contribution is 0.718. The Labute approximate surface area is 141 Å². The van der Waals surface area contributed by atoms with E-state index in [0.29, 0.717) is 21.5 Å². The highest BCUT2D eigenvalue weighted by atomic mass is 127. The molecule has 0 radical (unpaired) electrons. The van der Waals surface area contributed by atoms with Crippen molar-refractivity contribution in [3.8, 4) is 0 Å². The summed E-state index contributed by atoms with van der Waals surface area (Å²) in [5.74, 6) is 0. The summed E-state index contributed by atoms with van der Waals surface area (Å²) in [4.78, 5) is 0. The number of benzene rings is 2. The molecule has 2 rings (SSSR count). The van der Waals surface area contributed by atoms with Gasteiger partial charge in [0, 0.05) is 24.7 Å². The van der Waals surface area contributed by atoms with Crippen molar-refractivity contribution in [1.29, 1.82) is 0 Å². The van der Waals surface area contributed by atoms with Crippen molar-refractivity contribution in [3.63, 3.8) is 0 Å². The Hall–Kier alpha value is -0.000000000000000111. The van der Waals surface area contributed by atoms with Crippen LogP contribution in [-0.2, 0) is 6.42 Å². The third-order valence-electron chi connectivity index (χ3n) is 2.84. The predicted molar refractivity (Wildman–Crippen MR) is 91.3 cm³/mol. The van der Waals surface area contributed by atoms with E-state index >= 15 is 0 Å². The van der Waals surface area contributed by atoms with Crippen molar-refractivity contribution in [3.05, 3.63) is 66.2 Å². The van der Waals surface area contributed by atoms with E-state index < -0.39 is 0 Å². The molecule has 1 unspecified atom stereocenters. The Morgan fingerprint density at radius 1 is 1.05 bits per heavy atom. The van der Waals surface area contributed by atoms with E-state index in [1.54, 1.807) is 0 Å². The summed E-state index contributed by atoms with van der Waals surface area (Å²) in [5, 5.41) is 1.95. The molecule has 5 heteroatoms. The van der Waals surface area contributed by atoms with Crippen molar-refractivity contribution in [2.24, 2.45) is 5.73 Å². The summed E-state index contributed by atoms with van der Waals surface area (Å²) in [6.45, 7) is 0. The van der Waals surface area contributed by atoms with Gasteiger partial charge < -0.3 is 5.73 Å². The molecular formula is C14H11Cl3IN. The standard InChI is InChI=1S/C14H11Cl3IN/c15-8-4-5-13(18)10(6-8)14(19)7-9-11(16)2-1-3-12(9)17/h1-6,14H,7,19H2. The molecule has 0 amide bonds. The lowest BCUT2D eigenvalue weighted by Gasteiger charge is -2.16. The number of hydrogen-bond donors (Lipinski definition) is 1. The molecule has 0 saturated carbocycles. The molecule has 0 fully saturated rings. The molecular weight excluding hydrogens is 415 g/mol. The van der Waals surface area contributed by atoms with Crippen molar-refractivity contribution >= 4 is 57.4 Å². The second kappa shape index (κ2) is 6.64. The van der Waals surface area contributed by atoms with E-state index in [0.717, 1.165) is 14.7 Å². The zero-order valence-electron chi connectivity index (χ0n) is 9.84. The SMILES string of the molecule is NC(Cc1c(Cl)cccc1Cl)c1cc(Cl)ccc1I. The van der Waals surface area contributed by atoms with Gasteiger partial charge in [-0.3, -0.25) is 0 Å². The van der Waals surface area contributed by atoms with Gasteiger partial charge in [-0.25, -0.2) is 0 Å². The minimum atomic E-state index is -0.192. The van der Waals surface area contributed by atoms with Crippen molar-refractivity contribution < 1.29 is 0 Å². The second-order valence-corrected chi connectivity index (χ2v) is 6.59. The average Bonchev–Trinajstić information content (AvgIpc) is 2.37. The van der Waals surface area contributed by atoms with Gasteiger partial charge >= 0.3 is 0 Å². The Bertz CT molecular complexity index is 581. The normalized spacial score (nSPS) is 12.5. The van der Waals surface area contributed by atoms with Gasteiger partial charge in [0.2, 0.25) is 0 Å². The van der Waals surface area contributed by atoms with Crippen LogP contribution in [0.4, 0.5) is 0 Å². The van der Waals surface area contributed by atoms with Gasteiger partial charge in [0.15, 0.2) is 0 Å². The third-order valence-corrected chi connectivity index (χ3v) is 4.77. The zero-order chi connectivity index (χ0) is 14.0. The van der Waals surface area contributed by atoms with Crippen LogP contribution in [0.1, 0.15) is 17.2 Å². The van der Waals surface area contributed by atoms with Crippen LogP contribution in [0.5, 0.6) is 0 Å². The number of nitrogens with two attached hydrogens (primary N) is 1. The first-order valence-corrected chi connectivity index (χ1v) is 7.83. The Morgan fingerprint density at radius 3 is 2.32 bits per heavy atom. The van der Waals surface area contributed by atoms with E-state index in [1.165, 1.54) is 0 Å². The third kappa shape index (κ3) is 3.76. The molecule has 0 aliphatic carbocycles. The molecule has 0 bridgehead atoms. The van der Waals surface area contributed by atoms with E-state index in [2.05, 4.69) is 22.6 Å². The monoisotopic (exact) mass is 425 g/mol. The molecule has 0 saturated heterocycles. The van der Waals surface area contributed by atoms with Crippen LogP contribution in [0.2, 0.25) is 15.1 Å². The van der Waals surface area contributed by atoms with Crippen LogP contribution < -0.4 is 5.73 Å². The number of rotatable bonds is 3. The molecule has 0 aromatic heterocycles. The predicted octanol–water partition coefficient (Wildman–Crippen LogP) is 5.49. The van der Waals surface area contributed by atoms with Gasteiger partial charge in [-0.1, -0.05) is 40.9 Å². The smallest absolute Gasteiger partial charge is 0.0453 e. The summed E-state index contributed by atoms with van der Waals surface area (Å²) >= 11 is 20.6. The maximum Gasteiger partial charge on any atom is 0.0453 e. The van der Waals surface area contributed by atoms with Gasteiger partial charge in [0.25, 0.3) is 0 Å².